The van der Waals surface area contributed by atoms with Crippen LogP contribution in [0, 0.1) is 5.92 Å². The molecule has 2 fully saturated rings. The van der Waals surface area contributed by atoms with E-state index >= 15 is 0 Å². The van der Waals surface area contributed by atoms with Crippen LogP contribution in [-0.4, -0.2) is 74.2 Å². The van der Waals surface area contributed by atoms with Gasteiger partial charge in [-0.05, 0) is 62.3 Å². The maximum Gasteiger partial charge on any atom is 0.222 e. The second-order valence-corrected chi connectivity index (χ2v) is 9.46. The largest absolute Gasteiger partial charge is 0.383 e. The van der Waals surface area contributed by atoms with Crippen molar-refractivity contribution in [1.29, 1.82) is 0 Å². The van der Waals surface area contributed by atoms with Gasteiger partial charge in [0.2, 0.25) is 5.91 Å². The van der Waals surface area contributed by atoms with Crippen molar-refractivity contribution in [1.82, 2.24) is 9.80 Å². The molecule has 0 aromatic heterocycles. The van der Waals surface area contributed by atoms with Crippen LogP contribution in [0.2, 0.25) is 5.02 Å². The fourth-order valence-electron chi connectivity index (χ4n) is 5.16. The maximum absolute atomic E-state index is 13.0. The Morgan fingerprint density at radius 3 is 2.65 bits per heavy atom. The molecule has 2 unspecified atom stereocenters. The summed E-state index contributed by atoms with van der Waals surface area (Å²) >= 11 is 6.04. The van der Waals surface area contributed by atoms with E-state index in [4.69, 9.17) is 16.3 Å². The molecule has 0 spiro atoms. The number of aliphatic imine (C=N–C) groups is 2. The molecule has 31 heavy (non-hydrogen) atoms. The predicted octanol–water partition coefficient (Wildman–Crippen LogP) is 3.78. The third-order valence-corrected chi connectivity index (χ3v) is 7.28. The molecule has 6 nitrogen and oxygen atoms in total. The van der Waals surface area contributed by atoms with Crippen LogP contribution in [0.4, 0.5) is 0 Å². The molecule has 0 N–H and O–H groups in total. The van der Waals surface area contributed by atoms with E-state index in [1.54, 1.807) is 13.4 Å². The Hall–Kier alpha value is -1.76. The minimum Gasteiger partial charge on any atom is -0.383 e. The minimum atomic E-state index is -0.551. The summed E-state index contributed by atoms with van der Waals surface area (Å²) in [6.07, 6.45) is 9.22. The fourth-order valence-corrected chi connectivity index (χ4v) is 5.28. The number of rotatable bonds is 8. The number of carbonyl (C=O) groups is 1. The monoisotopic (exact) mass is 444 g/mol. The number of benzene rings is 1. The fraction of sp³-hybridized carbons (Fsp3) is 0.625. The first-order valence-electron chi connectivity index (χ1n) is 11.4. The van der Waals surface area contributed by atoms with Crippen molar-refractivity contribution in [2.24, 2.45) is 15.9 Å². The number of hydrogen-bond acceptors (Lipinski definition) is 5. The third kappa shape index (κ3) is 5.36. The van der Waals surface area contributed by atoms with Gasteiger partial charge < -0.3 is 9.64 Å². The zero-order valence-corrected chi connectivity index (χ0v) is 19.1. The molecular formula is C24H33ClN4O2. The average Bonchev–Trinajstić information content (AvgIpc) is 3.44. The summed E-state index contributed by atoms with van der Waals surface area (Å²) in [5.74, 6) is 0.897. The lowest BCUT2D eigenvalue weighted by Crippen LogP contribution is -2.43. The van der Waals surface area contributed by atoms with Crippen molar-refractivity contribution in [3.05, 3.63) is 34.9 Å². The lowest BCUT2D eigenvalue weighted by atomic mass is 9.87. The van der Waals surface area contributed by atoms with Gasteiger partial charge in [0.1, 0.15) is 11.9 Å². The van der Waals surface area contributed by atoms with Gasteiger partial charge in [-0.1, -0.05) is 23.7 Å². The second-order valence-electron chi connectivity index (χ2n) is 9.02. The number of amides is 1. The van der Waals surface area contributed by atoms with E-state index in [0.29, 0.717) is 29.8 Å². The highest BCUT2D eigenvalue weighted by atomic mass is 35.5. The SMILES string of the molecule is COCC1CCCN1CC1CCN(C(=O)CCC2(c3ccc(Cl)cc3)C=NC=N2)CC1. The van der Waals surface area contributed by atoms with Crippen LogP contribution in [0.5, 0.6) is 0 Å². The number of likely N-dealkylation sites (tertiary alicyclic amines) is 2. The number of ether oxygens (including phenoxy) is 1. The molecule has 1 aromatic carbocycles. The van der Waals surface area contributed by atoms with Crippen molar-refractivity contribution < 1.29 is 9.53 Å². The van der Waals surface area contributed by atoms with Gasteiger partial charge in [0.15, 0.2) is 0 Å². The molecule has 168 valence electrons. The Bertz CT molecular complexity index is 790. The molecule has 0 radical (unpaired) electrons. The van der Waals surface area contributed by atoms with Crippen molar-refractivity contribution in [3.8, 4) is 0 Å². The highest BCUT2D eigenvalue weighted by molar-refractivity contribution is 6.30. The topological polar surface area (TPSA) is 57.5 Å². The molecule has 3 heterocycles. The average molecular weight is 445 g/mol. The predicted molar refractivity (Wildman–Crippen MR) is 125 cm³/mol. The summed E-state index contributed by atoms with van der Waals surface area (Å²) in [5, 5.41) is 0.694. The standard InChI is InChI=1S/C24H33ClN4O2/c1-31-16-22-3-2-12-29(22)15-19-9-13-28(14-10-19)23(30)8-11-24(17-26-18-27-24)20-4-6-21(25)7-5-20/h4-7,17-19,22H,2-3,8-16H2,1H3. The number of nitrogens with zero attached hydrogens (tertiary/aromatic N) is 4. The molecule has 4 rings (SSSR count). The molecule has 2 saturated heterocycles. The van der Waals surface area contributed by atoms with E-state index in [1.165, 1.54) is 19.4 Å². The Morgan fingerprint density at radius 1 is 1.19 bits per heavy atom. The second kappa shape index (κ2) is 10.2. The molecule has 0 saturated carbocycles. The summed E-state index contributed by atoms with van der Waals surface area (Å²) in [6.45, 7) is 4.87. The van der Waals surface area contributed by atoms with E-state index in [9.17, 15) is 4.79 Å². The first kappa shape index (κ1) is 22.4. The van der Waals surface area contributed by atoms with Crippen LogP contribution >= 0.6 is 11.6 Å². The van der Waals surface area contributed by atoms with Crippen LogP contribution in [0.15, 0.2) is 34.3 Å². The van der Waals surface area contributed by atoms with Crippen LogP contribution < -0.4 is 0 Å². The Balaban J connectivity index is 1.27. The first-order chi connectivity index (χ1) is 15.1. The Morgan fingerprint density at radius 2 is 1.97 bits per heavy atom. The lowest BCUT2D eigenvalue weighted by Gasteiger charge is -2.36. The lowest BCUT2D eigenvalue weighted by molar-refractivity contribution is -0.133. The van der Waals surface area contributed by atoms with Crippen LogP contribution in [0.3, 0.4) is 0 Å². The first-order valence-corrected chi connectivity index (χ1v) is 11.8. The van der Waals surface area contributed by atoms with Gasteiger partial charge in [-0.3, -0.25) is 14.7 Å². The van der Waals surface area contributed by atoms with Gasteiger partial charge in [-0.25, -0.2) is 4.99 Å². The van der Waals surface area contributed by atoms with E-state index in [-0.39, 0.29) is 5.91 Å². The summed E-state index contributed by atoms with van der Waals surface area (Å²) in [6, 6.07) is 8.25. The number of methoxy groups -OCH3 is 1. The zero-order valence-electron chi connectivity index (χ0n) is 18.4. The number of carbonyl (C=O) groups excluding carboxylic acids is 1. The summed E-state index contributed by atoms with van der Waals surface area (Å²) in [5.41, 5.74) is 0.474. The quantitative estimate of drug-likeness (QED) is 0.613. The third-order valence-electron chi connectivity index (χ3n) is 7.03. The molecule has 1 aromatic rings. The highest BCUT2D eigenvalue weighted by Crippen LogP contribution is 2.33. The molecule has 3 aliphatic rings. The van der Waals surface area contributed by atoms with Crippen molar-refractivity contribution in [3.63, 3.8) is 0 Å². The highest BCUT2D eigenvalue weighted by Gasteiger charge is 2.34. The molecule has 0 aliphatic carbocycles. The van der Waals surface area contributed by atoms with E-state index in [2.05, 4.69) is 14.9 Å². The Labute approximate surface area is 190 Å². The summed E-state index contributed by atoms with van der Waals surface area (Å²) in [4.78, 5) is 26.4. The molecule has 7 heteroatoms. The van der Waals surface area contributed by atoms with Crippen molar-refractivity contribution >= 4 is 30.1 Å². The van der Waals surface area contributed by atoms with Gasteiger partial charge in [-0.2, -0.15) is 0 Å². The van der Waals surface area contributed by atoms with Crippen LogP contribution in [0.25, 0.3) is 0 Å². The smallest absolute Gasteiger partial charge is 0.222 e. The number of piperidine rings is 1. The van der Waals surface area contributed by atoms with Gasteiger partial charge in [-0.15, -0.1) is 0 Å². The molecule has 2 atom stereocenters. The number of hydrogen-bond donors (Lipinski definition) is 0. The maximum atomic E-state index is 13.0. The molecule has 0 bridgehead atoms. The van der Waals surface area contributed by atoms with E-state index in [1.807, 2.05) is 35.4 Å². The number of halogens is 1. The van der Waals surface area contributed by atoms with Gasteiger partial charge in [0.25, 0.3) is 0 Å². The van der Waals surface area contributed by atoms with Crippen molar-refractivity contribution in [2.75, 3.05) is 39.9 Å². The molecule has 1 amide bonds. The van der Waals surface area contributed by atoms with Crippen LogP contribution in [0.1, 0.15) is 44.1 Å². The summed E-state index contributed by atoms with van der Waals surface area (Å²) in [7, 11) is 1.79. The normalized spacial score (nSPS) is 26.8. The Kier molecular flexibility index (Phi) is 7.41. The van der Waals surface area contributed by atoms with Gasteiger partial charge in [0, 0.05) is 50.4 Å². The minimum absolute atomic E-state index is 0.223. The van der Waals surface area contributed by atoms with Gasteiger partial charge >= 0.3 is 0 Å². The van der Waals surface area contributed by atoms with Crippen LogP contribution in [-0.2, 0) is 15.1 Å². The van der Waals surface area contributed by atoms with Gasteiger partial charge in [0.05, 0.1) is 6.61 Å². The summed E-state index contributed by atoms with van der Waals surface area (Å²) < 4.78 is 5.39. The molecular weight excluding hydrogens is 412 g/mol. The zero-order chi connectivity index (χ0) is 21.7. The van der Waals surface area contributed by atoms with E-state index < -0.39 is 5.54 Å². The van der Waals surface area contributed by atoms with Crippen molar-refractivity contribution in [2.45, 2.75) is 50.1 Å². The molecule has 3 aliphatic heterocycles. The van der Waals surface area contributed by atoms with E-state index in [0.717, 1.165) is 44.6 Å².